The summed E-state index contributed by atoms with van der Waals surface area (Å²) in [4.78, 5) is 16.8. The van der Waals surface area contributed by atoms with E-state index in [1.54, 1.807) is 24.4 Å². The predicted molar refractivity (Wildman–Crippen MR) is 110 cm³/mol. The van der Waals surface area contributed by atoms with E-state index in [4.69, 9.17) is 4.74 Å². The van der Waals surface area contributed by atoms with Crippen LogP contribution in [0.15, 0.2) is 47.5 Å². The number of benzene rings is 1. The van der Waals surface area contributed by atoms with E-state index in [2.05, 4.69) is 17.2 Å². The normalized spacial score (nSPS) is 15.8. The van der Waals surface area contributed by atoms with Gasteiger partial charge in [0.1, 0.15) is 0 Å². The van der Waals surface area contributed by atoms with Gasteiger partial charge in [-0.25, -0.2) is 13.4 Å². The topological polar surface area (TPSA) is 88.6 Å². The Hall–Kier alpha value is -2.45. The lowest BCUT2D eigenvalue weighted by atomic mass is 10.0. The molecule has 1 aromatic carbocycles. The van der Waals surface area contributed by atoms with E-state index in [1.807, 2.05) is 13.0 Å². The number of carbonyl (C=O) groups excluding carboxylic acids is 1. The Morgan fingerprint density at radius 3 is 2.55 bits per heavy atom. The van der Waals surface area contributed by atoms with Gasteiger partial charge in [-0.15, -0.1) is 0 Å². The highest BCUT2D eigenvalue weighted by Crippen LogP contribution is 2.23. The molecule has 8 heteroatoms. The first kappa shape index (κ1) is 21.3. The molecule has 1 N–H and O–H groups in total. The highest BCUT2D eigenvalue weighted by atomic mass is 32.2. The van der Waals surface area contributed by atoms with Crippen molar-refractivity contribution >= 4 is 15.9 Å². The van der Waals surface area contributed by atoms with E-state index in [1.165, 1.54) is 16.4 Å². The van der Waals surface area contributed by atoms with Crippen LogP contribution >= 0.6 is 0 Å². The van der Waals surface area contributed by atoms with E-state index in [-0.39, 0.29) is 17.3 Å². The number of amides is 1. The highest BCUT2D eigenvalue weighted by Gasteiger charge is 2.28. The second-order valence-corrected chi connectivity index (χ2v) is 9.13. The second kappa shape index (κ2) is 9.37. The Balaban J connectivity index is 1.65. The van der Waals surface area contributed by atoms with Gasteiger partial charge in [0.15, 0.2) is 0 Å². The zero-order valence-corrected chi connectivity index (χ0v) is 17.6. The van der Waals surface area contributed by atoms with Gasteiger partial charge < -0.3 is 10.1 Å². The molecule has 1 aliphatic rings. The Kier molecular flexibility index (Phi) is 6.87. The molecule has 0 bridgehead atoms. The summed E-state index contributed by atoms with van der Waals surface area (Å²) >= 11 is 0. The summed E-state index contributed by atoms with van der Waals surface area (Å²) in [6.07, 6.45) is 3.38. The molecule has 2 aromatic rings. The number of carbonyl (C=O) groups is 1. The van der Waals surface area contributed by atoms with Gasteiger partial charge in [-0.3, -0.25) is 4.79 Å². The molecule has 0 aliphatic carbocycles. The SMILES string of the molecule is CCOc1ncccc1CNC(=O)c1ccc(S(=O)(=O)N2CCC(C)CC2)cc1. The van der Waals surface area contributed by atoms with Gasteiger partial charge in [0.2, 0.25) is 15.9 Å². The van der Waals surface area contributed by atoms with E-state index in [9.17, 15) is 13.2 Å². The molecule has 1 amide bonds. The van der Waals surface area contributed by atoms with Crippen molar-refractivity contribution in [1.29, 1.82) is 0 Å². The summed E-state index contributed by atoms with van der Waals surface area (Å²) in [6.45, 7) is 5.85. The third kappa shape index (κ3) is 5.13. The third-order valence-electron chi connectivity index (χ3n) is 5.07. The fourth-order valence-corrected chi connectivity index (χ4v) is 4.73. The molecule has 1 fully saturated rings. The van der Waals surface area contributed by atoms with Crippen LogP contribution in [0.4, 0.5) is 0 Å². The van der Waals surface area contributed by atoms with Gasteiger partial charge in [0.05, 0.1) is 11.5 Å². The van der Waals surface area contributed by atoms with Crippen molar-refractivity contribution < 1.29 is 17.9 Å². The van der Waals surface area contributed by atoms with Crippen molar-refractivity contribution in [2.75, 3.05) is 19.7 Å². The number of rotatable bonds is 7. The molecule has 2 heterocycles. The first-order valence-electron chi connectivity index (χ1n) is 9.87. The molecule has 0 saturated carbocycles. The van der Waals surface area contributed by atoms with Crippen molar-refractivity contribution in [3.05, 3.63) is 53.7 Å². The lowest BCUT2D eigenvalue weighted by Crippen LogP contribution is -2.37. The Morgan fingerprint density at radius 2 is 1.90 bits per heavy atom. The molecule has 156 valence electrons. The fourth-order valence-electron chi connectivity index (χ4n) is 3.26. The van der Waals surface area contributed by atoms with E-state index >= 15 is 0 Å². The minimum Gasteiger partial charge on any atom is -0.478 e. The van der Waals surface area contributed by atoms with Gasteiger partial charge in [-0.2, -0.15) is 4.31 Å². The Bertz CT molecular complexity index is 937. The van der Waals surface area contributed by atoms with Crippen LogP contribution in [0.2, 0.25) is 0 Å². The summed E-state index contributed by atoms with van der Waals surface area (Å²) in [6, 6.07) is 9.71. The largest absolute Gasteiger partial charge is 0.478 e. The van der Waals surface area contributed by atoms with Crippen LogP contribution in [0.5, 0.6) is 5.88 Å². The fraction of sp³-hybridized carbons (Fsp3) is 0.429. The summed E-state index contributed by atoms with van der Waals surface area (Å²) < 4.78 is 32.6. The molecule has 7 nitrogen and oxygen atoms in total. The number of aromatic nitrogens is 1. The lowest BCUT2D eigenvalue weighted by molar-refractivity contribution is 0.0950. The standard InChI is InChI=1S/C21H27N3O4S/c1-3-28-21-18(5-4-12-22-21)15-23-20(25)17-6-8-19(9-7-17)29(26,27)24-13-10-16(2)11-14-24/h4-9,12,16H,3,10-11,13-15H2,1-2H3,(H,23,25). The minimum absolute atomic E-state index is 0.217. The maximum atomic E-state index is 12.8. The average molecular weight is 418 g/mol. The molecule has 29 heavy (non-hydrogen) atoms. The van der Waals surface area contributed by atoms with Gasteiger partial charge >= 0.3 is 0 Å². The zero-order valence-electron chi connectivity index (χ0n) is 16.8. The minimum atomic E-state index is -3.52. The van der Waals surface area contributed by atoms with Crippen LogP contribution in [0.25, 0.3) is 0 Å². The van der Waals surface area contributed by atoms with E-state index in [0.29, 0.717) is 37.1 Å². The summed E-state index contributed by atoms with van der Waals surface area (Å²) in [5.74, 6) is 0.759. The quantitative estimate of drug-likeness (QED) is 0.748. The summed E-state index contributed by atoms with van der Waals surface area (Å²) in [7, 11) is -3.52. The molecule has 3 rings (SSSR count). The number of pyridine rings is 1. The summed E-state index contributed by atoms with van der Waals surface area (Å²) in [5, 5.41) is 2.82. The van der Waals surface area contributed by atoms with Crippen molar-refractivity contribution in [2.45, 2.75) is 38.1 Å². The summed E-state index contributed by atoms with van der Waals surface area (Å²) in [5.41, 5.74) is 1.18. The van der Waals surface area contributed by atoms with Gasteiger partial charge in [-0.05, 0) is 56.0 Å². The monoisotopic (exact) mass is 417 g/mol. The molecule has 0 spiro atoms. The molecule has 0 radical (unpaired) electrons. The Labute approximate surface area is 172 Å². The molecule has 1 aliphatic heterocycles. The lowest BCUT2D eigenvalue weighted by Gasteiger charge is -2.29. The van der Waals surface area contributed by atoms with Crippen LogP contribution < -0.4 is 10.1 Å². The van der Waals surface area contributed by atoms with Crippen molar-refractivity contribution in [1.82, 2.24) is 14.6 Å². The van der Waals surface area contributed by atoms with E-state index < -0.39 is 10.0 Å². The number of hydrogen-bond acceptors (Lipinski definition) is 5. The molecule has 0 unspecified atom stereocenters. The van der Waals surface area contributed by atoms with Crippen LogP contribution in [0.1, 0.15) is 42.6 Å². The highest BCUT2D eigenvalue weighted by molar-refractivity contribution is 7.89. The zero-order chi connectivity index (χ0) is 20.9. The molecule has 0 atom stereocenters. The number of sulfonamides is 1. The number of nitrogens with zero attached hydrogens (tertiary/aromatic N) is 2. The third-order valence-corrected chi connectivity index (χ3v) is 6.98. The number of piperidine rings is 1. The number of nitrogens with one attached hydrogen (secondary N) is 1. The van der Waals surface area contributed by atoms with Crippen LogP contribution in [0, 0.1) is 5.92 Å². The van der Waals surface area contributed by atoms with Crippen LogP contribution in [-0.4, -0.2) is 43.3 Å². The smallest absolute Gasteiger partial charge is 0.251 e. The molecular weight excluding hydrogens is 390 g/mol. The molecular formula is C21H27N3O4S. The van der Waals surface area contributed by atoms with Crippen LogP contribution in [-0.2, 0) is 16.6 Å². The van der Waals surface area contributed by atoms with Crippen molar-refractivity contribution in [2.24, 2.45) is 5.92 Å². The van der Waals surface area contributed by atoms with Gasteiger partial charge in [0.25, 0.3) is 5.91 Å². The molecule has 1 saturated heterocycles. The number of hydrogen-bond donors (Lipinski definition) is 1. The van der Waals surface area contributed by atoms with Crippen LogP contribution in [0.3, 0.4) is 0 Å². The average Bonchev–Trinajstić information content (AvgIpc) is 2.73. The Morgan fingerprint density at radius 1 is 1.21 bits per heavy atom. The predicted octanol–water partition coefficient (Wildman–Crippen LogP) is 2.83. The number of ether oxygens (including phenoxy) is 1. The van der Waals surface area contributed by atoms with Gasteiger partial charge in [-0.1, -0.05) is 13.0 Å². The van der Waals surface area contributed by atoms with Gasteiger partial charge in [0, 0.05) is 37.0 Å². The molecule has 1 aromatic heterocycles. The first-order valence-corrected chi connectivity index (χ1v) is 11.3. The maximum absolute atomic E-state index is 12.8. The maximum Gasteiger partial charge on any atom is 0.251 e. The first-order chi connectivity index (χ1) is 13.9. The van der Waals surface area contributed by atoms with Crippen molar-refractivity contribution in [3.8, 4) is 5.88 Å². The second-order valence-electron chi connectivity index (χ2n) is 7.19. The van der Waals surface area contributed by atoms with E-state index in [0.717, 1.165) is 18.4 Å². The van der Waals surface area contributed by atoms with Crippen molar-refractivity contribution in [3.63, 3.8) is 0 Å².